The van der Waals surface area contributed by atoms with Crippen LogP contribution in [0.5, 0.6) is 0 Å². The highest BCUT2D eigenvalue weighted by molar-refractivity contribution is 7.90. The number of rotatable bonds is 5. The molecule has 2 aromatic carbocycles. The minimum absolute atomic E-state index is 0.0477. The lowest BCUT2D eigenvalue weighted by Crippen LogP contribution is -2.14. The summed E-state index contributed by atoms with van der Waals surface area (Å²) in [5, 5.41) is 15.5. The molecule has 0 aliphatic carbocycles. The van der Waals surface area contributed by atoms with Gasteiger partial charge in [-0.05, 0) is 36.4 Å². The Bertz CT molecular complexity index is 1450. The van der Waals surface area contributed by atoms with E-state index in [1.165, 1.54) is 31.5 Å². The monoisotopic (exact) mass is 432 g/mol. The summed E-state index contributed by atoms with van der Waals surface area (Å²) in [7, 11) is -4.05. The first kappa shape index (κ1) is 20.1. The van der Waals surface area contributed by atoms with Crippen molar-refractivity contribution in [3.8, 4) is 6.07 Å². The van der Waals surface area contributed by atoms with Crippen LogP contribution in [0.2, 0.25) is 0 Å². The summed E-state index contributed by atoms with van der Waals surface area (Å²) in [6, 6.07) is 16.4. The highest BCUT2D eigenvalue weighted by Crippen LogP contribution is 2.24. The third-order valence-electron chi connectivity index (χ3n) is 4.38. The van der Waals surface area contributed by atoms with Crippen molar-refractivity contribution in [2.24, 2.45) is 0 Å². The minimum Gasteiger partial charge on any atom is -0.326 e. The van der Waals surface area contributed by atoms with Crippen LogP contribution in [-0.4, -0.2) is 28.3 Å². The molecule has 0 radical (unpaired) electrons. The molecule has 10 heteroatoms. The Kier molecular flexibility index (Phi) is 5.10. The fourth-order valence-electron chi connectivity index (χ4n) is 3.05. The zero-order valence-corrected chi connectivity index (χ0v) is 17.1. The fourth-order valence-corrected chi connectivity index (χ4v) is 4.50. The smallest absolute Gasteiger partial charge is 0.270 e. The van der Waals surface area contributed by atoms with Crippen molar-refractivity contribution in [2.75, 3.05) is 10.6 Å². The van der Waals surface area contributed by atoms with E-state index in [0.717, 1.165) is 3.97 Å². The van der Waals surface area contributed by atoms with Crippen molar-refractivity contribution >= 4 is 44.3 Å². The first-order chi connectivity index (χ1) is 14.9. The average Bonchev–Trinajstić information content (AvgIpc) is 3.17. The van der Waals surface area contributed by atoms with Gasteiger partial charge in [0.2, 0.25) is 11.9 Å². The number of carbonyl (C=O) groups excluding carboxylic acids is 1. The molecule has 0 atom stereocenters. The SMILES string of the molecule is CC(=O)Nc1cccc(Nc2ncc3ccn(S(=O)(=O)c4ccccc4C#N)c3n2)c1. The lowest BCUT2D eigenvalue weighted by Gasteiger charge is -2.10. The molecule has 0 bridgehead atoms. The second kappa shape index (κ2) is 7.89. The molecule has 0 aliphatic rings. The van der Waals surface area contributed by atoms with E-state index >= 15 is 0 Å². The molecule has 2 N–H and O–H groups in total. The molecule has 0 saturated carbocycles. The van der Waals surface area contributed by atoms with Crippen LogP contribution in [0.4, 0.5) is 17.3 Å². The van der Waals surface area contributed by atoms with Crippen LogP contribution >= 0.6 is 0 Å². The molecule has 0 saturated heterocycles. The topological polar surface area (TPSA) is 130 Å². The van der Waals surface area contributed by atoms with Gasteiger partial charge in [-0.15, -0.1) is 0 Å². The van der Waals surface area contributed by atoms with Gasteiger partial charge >= 0.3 is 0 Å². The van der Waals surface area contributed by atoms with Gasteiger partial charge in [0, 0.05) is 36.1 Å². The van der Waals surface area contributed by atoms with Crippen LogP contribution in [0, 0.1) is 11.3 Å². The number of nitrogens with one attached hydrogen (secondary N) is 2. The highest BCUT2D eigenvalue weighted by Gasteiger charge is 2.23. The second-order valence-corrected chi connectivity index (χ2v) is 8.37. The largest absolute Gasteiger partial charge is 0.326 e. The molecule has 0 fully saturated rings. The molecular weight excluding hydrogens is 416 g/mol. The van der Waals surface area contributed by atoms with Gasteiger partial charge in [0.1, 0.15) is 11.0 Å². The predicted octanol–water partition coefficient (Wildman–Crippen LogP) is 3.24. The van der Waals surface area contributed by atoms with Gasteiger partial charge < -0.3 is 10.6 Å². The number of nitrogens with zero attached hydrogens (tertiary/aromatic N) is 4. The molecular formula is C21H16N6O3S. The molecule has 0 aliphatic heterocycles. The van der Waals surface area contributed by atoms with E-state index in [-0.39, 0.29) is 28.0 Å². The minimum atomic E-state index is -4.05. The van der Waals surface area contributed by atoms with E-state index in [9.17, 15) is 18.5 Å². The maximum absolute atomic E-state index is 13.2. The molecule has 2 aromatic heterocycles. The van der Waals surface area contributed by atoms with Crippen LogP contribution < -0.4 is 10.6 Å². The zero-order valence-electron chi connectivity index (χ0n) is 16.3. The number of hydrogen-bond acceptors (Lipinski definition) is 7. The van der Waals surface area contributed by atoms with Crippen molar-refractivity contribution in [2.45, 2.75) is 11.8 Å². The number of benzene rings is 2. The van der Waals surface area contributed by atoms with E-state index in [1.807, 2.05) is 6.07 Å². The molecule has 4 rings (SSSR count). The quantitative estimate of drug-likeness (QED) is 0.495. The third kappa shape index (κ3) is 3.94. The maximum Gasteiger partial charge on any atom is 0.270 e. The number of hydrogen-bond donors (Lipinski definition) is 2. The van der Waals surface area contributed by atoms with Crippen molar-refractivity contribution in [1.29, 1.82) is 5.26 Å². The molecule has 4 aromatic rings. The van der Waals surface area contributed by atoms with Crippen LogP contribution in [0.15, 0.2) is 71.9 Å². The molecule has 9 nitrogen and oxygen atoms in total. The summed E-state index contributed by atoms with van der Waals surface area (Å²) < 4.78 is 27.4. The Balaban J connectivity index is 1.74. The third-order valence-corrected chi connectivity index (χ3v) is 6.10. The standard InChI is InChI=1S/C21H16N6O3S/c1-14(28)24-17-6-4-7-18(11-17)25-21-23-13-16-9-10-27(20(16)26-21)31(29,30)19-8-3-2-5-15(19)12-22/h2-11,13H,1H3,(H,24,28)(H,23,25,26). The van der Waals surface area contributed by atoms with Gasteiger partial charge in [-0.2, -0.15) is 10.2 Å². The molecule has 0 unspecified atom stereocenters. The second-order valence-electron chi connectivity index (χ2n) is 6.58. The van der Waals surface area contributed by atoms with Crippen LogP contribution in [0.1, 0.15) is 12.5 Å². The van der Waals surface area contributed by atoms with E-state index in [0.29, 0.717) is 16.8 Å². The zero-order chi connectivity index (χ0) is 22.0. The summed E-state index contributed by atoms with van der Waals surface area (Å²) in [4.78, 5) is 19.7. The fraction of sp³-hybridized carbons (Fsp3) is 0.0476. The van der Waals surface area contributed by atoms with Gasteiger partial charge in [0.05, 0.1) is 5.56 Å². The summed E-state index contributed by atoms with van der Waals surface area (Å²) in [6.07, 6.45) is 2.88. The van der Waals surface area contributed by atoms with Gasteiger partial charge in [-0.3, -0.25) is 4.79 Å². The van der Waals surface area contributed by atoms with E-state index in [1.54, 1.807) is 42.5 Å². The Morgan fingerprint density at radius 1 is 1.10 bits per heavy atom. The summed E-state index contributed by atoms with van der Waals surface area (Å²) in [6.45, 7) is 1.41. The number of anilines is 3. The van der Waals surface area contributed by atoms with Crippen LogP contribution in [-0.2, 0) is 14.8 Å². The Hall–Kier alpha value is -4.23. The van der Waals surface area contributed by atoms with Crippen molar-refractivity contribution < 1.29 is 13.2 Å². The highest BCUT2D eigenvalue weighted by atomic mass is 32.2. The molecule has 154 valence electrons. The summed E-state index contributed by atoms with van der Waals surface area (Å²) in [5.74, 6) is -0.0216. The lowest BCUT2D eigenvalue weighted by atomic mass is 10.2. The summed E-state index contributed by atoms with van der Waals surface area (Å²) >= 11 is 0. The van der Waals surface area contributed by atoms with Gasteiger partial charge in [-0.25, -0.2) is 17.4 Å². The van der Waals surface area contributed by atoms with Crippen molar-refractivity contribution in [3.63, 3.8) is 0 Å². The molecule has 31 heavy (non-hydrogen) atoms. The van der Waals surface area contributed by atoms with Crippen LogP contribution in [0.3, 0.4) is 0 Å². The average molecular weight is 432 g/mol. The van der Waals surface area contributed by atoms with Gasteiger partial charge in [0.25, 0.3) is 10.0 Å². The Labute approximate surface area is 178 Å². The Morgan fingerprint density at radius 3 is 2.65 bits per heavy atom. The van der Waals surface area contributed by atoms with Gasteiger partial charge in [0.15, 0.2) is 5.65 Å². The first-order valence-electron chi connectivity index (χ1n) is 9.12. The molecule has 0 spiro atoms. The number of fused-ring (bicyclic) bond motifs is 1. The van der Waals surface area contributed by atoms with Crippen molar-refractivity contribution in [1.82, 2.24) is 13.9 Å². The number of amides is 1. The lowest BCUT2D eigenvalue weighted by molar-refractivity contribution is -0.114. The van der Waals surface area contributed by atoms with E-state index < -0.39 is 10.0 Å². The number of nitriles is 1. The number of aromatic nitrogens is 3. The van der Waals surface area contributed by atoms with Crippen LogP contribution in [0.25, 0.3) is 11.0 Å². The maximum atomic E-state index is 13.2. The summed E-state index contributed by atoms with van der Waals surface area (Å²) in [5.41, 5.74) is 1.42. The molecule has 2 heterocycles. The van der Waals surface area contributed by atoms with E-state index in [2.05, 4.69) is 20.6 Å². The predicted molar refractivity (Wildman–Crippen MR) is 115 cm³/mol. The number of carbonyl (C=O) groups is 1. The first-order valence-corrected chi connectivity index (χ1v) is 10.6. The normalized spacial score (nSPS) is 11.1. The van der Waals surface area contributed by atoms with E-state index in [4.69, 9.17) is 0 Å². The Morgan fingerprint density at radius 2 is 1.87 bits per heavy atom. The van der Waals surface area contributed by atoms with Crippen molar-refractivity contribution in [3.05, 3.63) is 72.6 Å². The van der Waals surface area contributed by atoms with Gasteiger partial charge in [-0.1, -0.05) is 18.2 Å². The molecule has 1 amide bonds.